The molecule has 0 aliphatic rings. The van der Waals surface area contributed by atoms with E-state index in [-0.39, 0.29) is 12.4 Å². The first-order valence-corrected chi connectivity index (χ1v) is 9.28. The average molecular weight is 329 g/mol. The van der Waals surface area contributed by atoms with E-state index in [1.807, 2.05) is 0 Å². The summed E-state index contributed by atoms with van der Waals surface area (Å²) in [6.07, 6.45) is 17.6. The highest BCUT2D eigenvalue weighted by atomic mass is 35.5. The molecule has 1 rings (SSSR count). The molecule has 0 amide bonds. The van der Waals surface area contributed by atoms with Crippen LogP contribution in [0.25, 0.3) is 0 Å². The quantitative estimate of drug-likeness (QED) is 0.520. The van der Waals surface area contributed by atoms with Crippen LogP contribution in [-0.2, 0) is 13.1 Å². The third-order valence-electron chi connectivity index (χ3n) is 4.77. The highest BCUT2D eigenvalue weighted by molar-refractivity contribution is 4.70. The van der Waals surface area contributed by atoms with E-state index < -0.39 is 0 Å². The maximum atomic E-state index is 2.40. The van der Waals surface area contributed by atoms with E-state index in [9.17, 15) is 0 Å². The number of unbranched alkanes of at least 4 members (excludes halogenated alkanes) is 2. The lowest BCUT2D eigenvalue weighted by Crippen LogP contribution is -3.00. The van der Waals surface area contributed by atoms with Crippen LogP contribution >= 0.6 is 0 Å². The molecule has 0 radical (unpaired) electrons. The predicted octanol–water partition coefficient (Wildman–Crippen LogP) is 2.21. The second-order valence-electron chi connectivity index (χ2n) is 6.64. The fourth-order valence-corrected chi connectivity index (χ4v) is 3.09. The Hall–Kier alpha value is -0.500. The third kappa shape index (κ3) is 8.22. The fraction of sp³-hybridized carbons (Fsp3) is 0.842. The van der Waals surface area contributed by atoms with Gasteiger partial charge < -0.3 is 12.4 Å². The van der Waals surface area contributed by atoms with Crippen LogP contribution in [0.15, 0.2) is 18.7 Å². The molecule has 2 unspecified atom stereocenters. The molecule has 0 saturated heterocycles. The maximum Gasteiger partial charge on any atom is 0.243 e. The molecule has 0 aliphatic carbocycles. The lowest BCUT2D eigenvalue weighted by atomic mass is 9.99. The molecule has 2 nitrogen and oxygen atoms in total. The first-order chi connectivity index (χ1) is 10.2. The molecule has 0 fully saturated rings. The van der Waals surface area contributed by atoms with E-state index in [0.717, 1.165) is 11.8 Å². The summed E-state index contributed by atoms with van der Waals surface area (Å²) in [4.78, 5) is 0. The van der Waals surface area contributed by atoms with Crippen LogP contribution < -0.4 is 17.0 Å². The van der Waals surface area contributed by atoms with Gasteiger partial charge in [-0.2, -0.15) is 0 Å². The Morgan fingerprint density at radius 1 is 0.909 bits per heavy atom. The molecular formula is C19H37ClN2. The van der Waals surface area contributed by atoms with Gasteiger partial charge in [0.05, 0.1) is 13.1 Å². The molecule has 130 valence electrons. The largest absolute Gasteiger partial charge is 1.00 e. The van der Waals surface area contributed by atoms with Crippen molar-refractivity contribution in [2.45, 2.75) is 92.2 Å². The molecule has 0 bridgehead atoms. The minimum Gasteiger partial charge on any atom is -1.00 e. The van der Waals surface area contributed by atoms with Gasteiger partial charge in [0.2, 0.25) is 6.33 Å². The van der Waals surface area contributed by atoms with Crippen LogP contribution in [0.3, 0.4) is 0 Å². The smallest absolute Gasteiger partial charge is 0.243 e. The first kappa shape index (κ1) is 21.5. The van der Waals surface area contributed by atoms with Crippen molar-refractivity contribution in [3.63, 3.8) is 0 Å². The van der Waals surface area contributed by atoms with Crippen molar-refractivity contribution in [3.8, 4) is 0 Å². The Kier molecular flexibility index (Phi) is 12.7. The second-order valence-corrected chi connectivity index (χ2v) is 6.64. The summed E-state index contributed by atoms with van der Waals surface area (Å²) in [6, 6.07) is 0. The summed E-state index contributed by atoms with van der Waals surface area (Å²) >= 11 is 0. The SMILES string of the molecule is CCCCC(CC)Cn1cc[n+](CC(CC)CCCC)c1.[Cl-]. The average Bonchev–Trinajstić information content (AvgIpc) is 2.94. The zero-order valence-electron chi connectivity index (χ0n) is 15.2. The van der Waals surface area contributed by atoms with Gasteiger partial charge in [-0.3, -0.25) is 0 Å². The van der Waals surface area contributed by atoms with Gasteiger partial charge in [0.1, 0.15) is 12.4 Å². The molecule has 0 aromatic carbocycles. The van der Waals surface area contributed by atoms with Crippen LogP contribution in [0.2, 0.25) is 0 Å². The molecule has 2 atom stereocenters. The van der Waals surface area contributed by atoms with Crippen molar-refractivity contribution in [2.24, 2.45) is 11.8 Å². The van der Waals surface area contributed by atoms with Crippen molar-refractivity contribution >= 4 is 0 Å². The van der Waals surface area contributed by atoms with Gasteiger partial charge in [0, 0.05) is 0 Å². The number of hydrogen-bond acceptors (Lipinski definition) is 0. The van der Waals surface area contributed by atoms with E-state index >= 15 is 0 Å². The second kappa shape index (κ2) is 13.0. The molecule has 1 aromatic rings. The molecule has 0 aliphatic heterocycles. The number of imidazole rings is 1. The van der Waals surface area contributed by atoms with Gasteiger partial charge in [-0.1, -0.05) is 53.4 Å². The van der Waals surface area contributed by atoms with Crippen molar-refractivity contribution in [3.05, 3.63) is 18.7 Å². The summed E-state index contributed by atoms with van der Waals surface area (Å²) in [5.41, 5.74) is 0. The lowest BCUT2D eigenvalue weighted by Gasteiger charge is -2.12. The molecule has 0 saturated carbocycles. The van der Waals surface area contributed by atoms with Crippen molar-refractivity contribution < 1.29 is 17.0 Å². The topological polar surface area (TPSA) is 8.81 Å². The normalized spacial score (nSPS) is 13.6. The van der Waals surface area contributed by atoms with E-state index in [0.29, 0.717) is 0 Å². The molecule has 0 spiro atoms. The number of rotatable bonds is 12. The van der Waals surface area contributed by atoms with Crippen LogP contribution in [-0.4, -0.2) is 4.57 Å². The highest BCUT2D eigenvalue weighted by Gasteiger charge is 2.14. The number of halogens is 1. The molecule has 1 heterocycles. The number of aromatic nitrogens is 2. The molecule has 22 heavy (non-hydrogen) atoms. The maximum absolute atomic E-state index is 2.40. The van der Waals surface area contributed by atoms with Crippen molar-refractivity contribution in [1.82, 2.24) is 4.57 Å². The van der Waals surface area contributed by atoms with Gasteiger partial charge in [0.25, 0.3) is 0 Å². The standard InChI is InChI=1S/C19H37N2.ClH/c1-5-9-11-18(7-3)15-20-13-14-21(17-20)16-19(8-4)12-10-6-2;/h13-14,17-19H,5-12,15-16H2,1-4H3;1H/q+1;/p-1. The van der Waals surface area contributed by atoms with Gasteiger partial charge >= 0.3 is 0 Å². The summed E-state index contributed by atoms with van der Waals surface area (Å²) in [6.45, 7) is 11.6. The van der Waals surface area contributed by atoms with Crippen molar-refractivity contribution in [1.29, 1.82) is 0 Å². The van der Waals surface area contributed by atoms with E-state index in [4.69, 9.17) is 0 Å². The molecule has 1 aromatic heterocycles. The van der Waals surface area contributed by atoms with Crippen LogP contribution in [0.5, 0.6) is 0 Å². The first-order valence-electron chi connectivity index (χ1n) is 9.28. The van der Waals surface area contributed by atoms with E-state index in [2.05, 4.69) is 55.6 Å². The van der Waals surface area contributed by atoms with Crippen LogP contribution in [0.1, 0.15) is 79.1 Å². The number of hydrogen-bond donors (Lipinski definition) is 0. The Balaban J connectivity index is 0.00000441. The summed E-state index contributed by atoms with van der Waals surface area (Å²) < 4.78 is 4.80. The summed E-state index contributed by atoms with van der Waals surface area (Å²) in [5.74, 6) is 1.68. The van der Waals surface area contributed by atoms with Gasteiger partial charge in [-0.05, 0) is 37.5 Å². The highest BCUT2D eigenvalue weighted by Crippen LogP contribution is 2.15. The minimum atomic E-state index is 0. The van der Waals surface area contributed by atoms with Crippen LogP contribution in [0, 0.1) is 11.8 Å². The van der Waals surface area contributed by atoms with E-state index in [1.165, 1.54) is 64.5 Å². The molecular weight excluding hydrogens is 292 g/mol. The number of nitrogens with zero attached hydrogens (tertiary/aromatic N) is 2. The van der Waals surface area contributed by atoms with Gasteiger partial charge in [0.15, 0.2) is 0 Å². The summed E-state index contributed by atoms with van der Waals surface area (Å²) in [7, 11) is 0. The lowest BCUT2D eigenvalue weighted by molar-refractivity contribution is -0.703. The minimum absolute atomic E-state index is 0. The van der Waals surface area contributed by atoms with Crippen molar-refractivity contribution in [2.75, 3.05) is 0 Å². The summed E-state index contributed by atoms with van der Waals surface area (Å²) in [5, 5.41) is 0. The third-order valence-corrected chi connectivity index (χ3v) is 4.77. The van der Waals surface area contributed by atoms with Crippen LogP contribution in [0.4, 0.5) is 0 Å². The Morgan fingerprint density at radius 2 is 1.50 bits per heavy atom. The monoisotopic (exact) mass is 328 g/mol. The Labute approximate surface area is 144 Å². The van der Waals surface area contributed by atoms with Gasteiger partial charge in [-0.15, -0.1) is 0 Å². The van der Waals surface area contributed by atoms with E-state index in [1.54, 1.807) is 0 Å². The Bertz CT molecular complexity index is 330. The zero-order chi connectivity index (χ0) is 15.5. The molecule has 3 heteroatoms. The fourth-order valence-electron chi connectivity index (χ4n) is 3.09. The Morgan fingerprint density at radius 3 is 2.05 bits per heavy atom. The predicted molar refractivity (Wildman–Crippen MR) is 91.2 cm³/mol. The molecule has 0 N–H and O–H groups in total. The zero-order valence-corrected chi connectivity index (χ0v) is 16.0. The van der Waals surface area contributed by atoms with Gasteiger partial charge in [-0.25, -0.2) is 9.13 Å².